The highest BCUT2D eigenvalue weighted by molar-refractivity contribution is 5.93. The molecule has 6 heteroatoms. The Morgan fingerprint density at radius 3 is 2.57 bits per heavy atom. The van der Waals surface area contributed by atoms with Crippen molar-refractivity contribution in [2.75, 3.05) is 5.73 Å². The van der Waals surface area contributed by atoms with Crippen LogP contribution in [0.3, 0.4) is 0 Å². The van der Waals surface area contributed by atoms with E-state index in [9.17, 15) is 9.90 Å². The molecule has 2 aromatic carbocycles. The molecule has 116 valence electrons. The van der Waals surface area contributed by atoms with Gasteiger partial charge in [-0.1, -0.05) is 47.7 Å². The second-order valence-corrected chi connectivity index (χ2v) is 5.25. The van der Waals surface area contributed by atoms with Crippen LogP contribution in [-0.4, -0.2) is 26.1 Å². The Balaban J connectivity index is 2.17. The Morgan fingerprint density at radius 1 is 1.17 bits per heavy atom. The van der Waals surface area contributed by atoms with Crippen LogP contribution in [0.2, 0.25) is 0 Å². The van der Waals surface area contributed by atoms with E-state index >= 15 is 0 Å². The normalized spacial score (nSPS) is 12.0. The number of carbonyl (C=O) groups is 1. The number of hydrogen-bond acceptors (Lipinski definition) is 4. The van der Waals surface area contributed by atoms with Gasteiger partial charge in [0.1, 0.15) is 5.69 Å². The molecule has 0 radical (unpaired) electrons. The van der Waals surface area contributed by atoms with Gasteiger partial charge < -0.3 is 10.8 Å². The van der Waals surface area contributed by atoms with E-state index in [1.807, 2.05) is 37.3 Å². The van der Waals surface area contributed by atoms with Gasteiger partial charge >= 0.3 is 5.97 Å². The number of hydrogen-bond donors (Lipinski definition) is 2. The molecule has 0 amide bonds. The Labute approximate surface area is 133 Å². The van der Waals surface area contributed by atoms with Crippen LogP contribution in [0.25, 0.3) is 11.3 Å². The average Bonchev–Trinajstić information content (AvgIpc) is 3.00. The van der Waals surface area contributed by atoms with Crippen LogP contribution in [0.4, 0.5) is 5.69 Å². The number of rotatable bonds is 4. The van der Waals surface area contributed by atoms with Crippen molar-refractivity contribution in [2.24, 2.45) is 0 Å². The van der Waals surface area contributed by atoms with Crippen LogP contribution in [0.5, 0.6) is 0 Å². The monoisotopic (exact) mass is 308 g/mol. The minimum absolute atomic E-state index is 0.0848. The van der Waals surface area contributed by atoms with Gasteiger partial charge in [-0.3, -0.25) is 0 Å². The highest BCUT2D eigenvalue weighted by atomic mass is 16.4. The lowest BCUT2D eigenvalue weighted by molar-refractivity contribution is 0.0691. The number of benzene rings is 2. The van der Waals surface area contributed by atoms with E-state index in [0.717, 1.165) is 5.56 Å². The average molecular weight is 308 g/mol. The molecule has 1 heterocycles. The molecule has 23 heavy (non-hydrogen) atoms. The Morgan fingerprint density at radius 2 is 1.91 bits per heavy atom. The maximum Gasteiger partial charge on any atom is 0.358 e. The molecule has 1 unspecified atom stereocenters. The summed E-state index contributed by atoms with van der Waals surface area (Å²) in [5.74, 6) is -1.12. The first-order chi connectivity index (χ1) is 11.1. The fourth-order valence-electron chi connectivity index (χ4n) is 2.54. The predicted molar refractivity (Wildman–Crippen MR) is 87.1 cm³/mol. The van der Waals surface area contributed by atoms with Crippen molar-refractivity contribution >= 4 is 11.7 Å². The quantitative estimate of drug-likeness (QED) is 0.723. The molecule has 1 aromatic heterocycles. The molecule has 0 spiro atoms. The number of anilines is 1. The van der Waals surface area contributed by atoms with Crippen molar-refractivity contribution < 1.29 is 9.90 Å². The molecule has 0 aliphatic rings. The Bertz CT molecular complexity index is 843. The van der Waals surface area contributed by atoms with Crippen molar-refractivity contribution in [2.45, 2.75) is 13.0 Å². The number of nitrogens with two attached hydrogens (primary N) is 1. The largest absolute Gasteiger partial charge is 0.476 e. The van der Waals surface area contributed by atoms with Gasteiger partial charge in [0.15, 0.2) is 5.69 Å². The van der Waals surface area contributed by atoms with Crippen LogP contribution in [0, 0.1) is 0 Å². The zero-order valence-corrected chi connectivity index (χ0v) is 12.5. The fourth-order valence-corrected chi connectivity index (χ4v) is 2.54. The van der Waals surface area contributed by atoms with E-state index in [-0.39, 0.29) is 11.7 Å². The van der Waals surface area contributed by atoms with Gasteiger partial charge in [0.2, 0.25) is 0 Å². The SMILES string of the molecule is CC(c1ccccc1)n1nnc(C(=O)O)c1-c1cccc(N)c1. The number of nitrogen functional groups attached to an aromatic ring is 1. The summed E-state index contributed by atoms with van der Waals surface area (Å²) >= 11 is 0. The lowest BCUT2D eigenvalue weighted by atomic mass is 10.1. The van der Waals surface area contributed by atoms with Crippen LogP contribution >= 0.6 is 0 Å². The first kappa shape index (κ1) is 14.8. The van der Waals surface area contributed by atoms with Gasteiger partial charge in [-0.05, 0) is 24.6 Å². The van der Waals surface area contributed by atoms with Crippen LogP contribution < -0.4 is 5.73 Å². The minimum Gasteiger partial charge on any atom is -0.476 e. The third-order valence-electron chi connectivity index (χ3n) is 3.71. The van der Waals surface area contributed by atoms with Gasteiger partial charge in [-0.25, -0.2) is 9.48 Å². The first-order valence-electron chi connectivity index (χ1n) is 7.17. The van der Waals surface area contributed by atoms with Crippen molar-refractivity contribution in [1.29, 1.82) is 0 Å². The molecule has 3 aromatic rings. The predicted octanol–water partition coefficient (Wildman–Crippen LogP) is 2.83. The standard InChI is InChI=1S/C17H16N4O2/c1-11(12-6-3-2-4-7-12)21-16(15(17(22)23)19-20-21)13-8-5-9-14(18)10-13/h2-11H,18H2,1H3,(H,22,23). The fraction of sp³-hybridized carbons (Fsp3) is 0.118. The molecular weight excluding hydrogens is 292 g/mol. The van der Waals surface area contributed by atoms with Crippen molar-refractivity contribution in [1.82, 2.24) is 15.0 Å². The molecule has 3 rings (SSSR count). The highest BCUT2D eigenvalue weighted by Gasteiger charge is 2.24. The summed E-state index contributed by atoms with van der Waals surface area (Å²) in [6.07, 6.45) is 0. The number of aromatic nitrogens is 3. The van der Waals surface area contributed by atoms with E-state index in [1.54, 1.807) is 28.9 Å². The number of aromatic carboxylic acids is 1. The summed E-state index contributed by atoms with van der Waals surface area (Å²) in [5.41, 5.74) is 8.44. The summed E-state index contributed by atoms with van der Waals surface area (Å²) < 4.78 is 1.62. The van der Waals surface area contributed by atoms with Gasteiger partial charge in [-0.2, -0.15) is 0 Å². The van der Waals surface area contributed by atoms with Gasteiger partial charge in [0.25, 0.3) is 0 Å². The van der Waals surface area contributed by atoms with Crippen molar-refractivity contribution in [3.63, 3.8) is 0 Å². The van der Waals surface area contributed by atoms with Gasteiger partial charge in [-0.15, -0.1) is 5.10 Å². The topological polar surface area (TPSA) is 94.0 Å². The zero-order chi connectivity index (χ0) is 16.4. The van der Waals surface area contributed by atoms with Crippen molar-refractivity contribution in [3.05, 3.63) is 65.9 Å². The molecule has 0 aliphatic heterocycles. The highest BCUT2D eigenvalue weighted by Crippen LogP contribution is 2.29. The van der Waals surface area contributed by atoms with Crippen LogP contribution in [0.15, 0.2) is 54.6 Å². The summed E-state index contributed by atoms with van der Waals surface area (Å²) in [6, 6.07) is 16.6. The smallest absolute Gasteiger partial charge is 0.358 e. The van der Waals surface area contributed by atoms with Gasteiger partial charge in [0.05, 0.1) is 6.04 Å². The van der Waals surface area contributed by atoms with Crippen LogP contribution in [-0.2, 0) is 0 Å². The molecule has 0 saturated heterocycles. The minimum atomic E-state index is -1.12. The van der Waals surface area contributed by atoms with E-state index < -0.39 is 5.97 Å². The molecular formula is C17H16N4O2. The lowest BCUT2D eigenvalue weighted by Crippen LogP contribution is -2.11. The Hall–Kier alpha value is -3.15. The van der Waals surface area contributed by atoms with Gasteiger partial charge in [0, 0.05) is 11.3 Å². The first-order valence-corrected chi connectivity index (χ1v) is 7.17. The maximum atomic E-state index is 11.5. The third-order valence-corrected chi connectivity index (χ3v) is 3.71. The summed E-state index contributed by atoms with van der Waals surface area (Å²) in [4.78, 5) is 11.5. The zero-order valence-electron chi connectivity index (χ0n) is 12.5. The second-order valence-electron chi connectivity index (χ2n) is 5.25. The van der Waals surface area contributed by atoms with E-state index in [2.05, 4.69) is 10.3 Å². The maximum absolute atomic E-state index is 11.5. The molecule has 0 saturated carbocycles. The second kappa shape index (κ2) is 5.92. The summed E-state index contributed by atoms with van der Waals surface area (Å²) in [6.45, 7) is 1.95. The summed E-state index contributed by atoms with van der Waals surface area (Å²) in [5, 5.41) is 17.3. The summed E-state index contributed by atoms with van der Waals surface area (Å²) in [7, 11) is 0. The number of nitrogens with zero attached hydrogens (tertiary/aromatic N) is 3. The number of carboxylic acid groups (broad SMARTS) is 1. The molecule has 0 bridgehead atoms. The molecule has 0 aliphatic carbocycles. The van der Waals surface area contributed by atoms with E-state index in [1.165, 1.54) is 0 Å². The van der Waals surface area contributed by atoms with Crippen molar-refractivity contribution in [3.8, 4) is 11.3 Å². The van der Waals surface area contributed by atoms with E-state index in [0.29, 0.717) is 16.9 Å². The lowest BCUT2D eigenvalue weighted by Gasteiger charge is -2.15. The Kier molecular flexibility index (Phi) is 3.80. The molecule has 3 N–H and O–H groups in total. The number of carboxylic acids is 1. The van der Waals surface area contributed by atoms with Crippen LogP contribution in [0.1, 0.15) is 29.0 Å². The molecule has 6 nitrogen and oxygen atoms in total. The third kappa shape index (κ3) is 2.78. The molecule has 1 atom stereocenters. The molecule has 0 fully saturated rings. The van der Waals surface area contributed by atoms with E-state index in [4.69, 9.17) is 5.73 Å².